The molecule has 1 saturated heterocycles. The standard InChI is InChI=1S/C20H24F3N3O2/c21-20(22,23)14-3-7-17(8-4-14)28-18-9-5-15(6-10-18)25-13-19(27)26-11-1-2-16(26)12-24/h3-4,7-8,15-16,18,25H,1-2,5-6,9-11,13H2/t15?,16-,18?/m0/s1. The van der Waals surface area contributed by atoms with Crippen LogP contribution in [0, 0.1) is 11.3 Å². The van der Waals surface area contributed by atoms with Gasteiger partial charge in [-0.2, -0.15) is 18.4 Å². The molecular formula is C20H24F3N3O2. The van der Waals surface area contributed by atoms with Gasteiger partial charge in [-0.25, -0.2) is 0 Å². The van der Waals surface area contributed by atoms with Crippen LogP contribution in [-0.2, 0) is 11.0 Å². The number of rotatable bonds is 5. The molecule has 5 nitrogen and oxygen atoms in total. The molecular weight excluding hydrogens is 371 g/mol. The SMILES string of the molecule is N#C[C@@H]1CCCN1C(=O)CNC1CCC(Oc2ccc(C(F)(F)F)cc2)CC1. The highest BCUT2D eigenvalue weighted by Gasteiger charge is 2.31. The molecule has 8 heteroatoms. The number of nitrogens with zero attached hydrogens (tertiary/aromatic N) is 2. The van der Waals surface area contributed by atoms with Crippen molar-refractivity contribution in [3.63, 3.8) is 0 Å². The lowest BCUT2D eigenvalue weighted by atomic mass is 9.93. The molecule has 2 fully saturated rings. The molecule has 1 amide bonds. The summed E-state index contributed by atoms with van der Waals surface area (Å²) >= 11 is 0. The first-order valence-corrected chi connectivity index (χ1v) is 9.63. The molecule has 3 rings (SSSR count). The Balaban J connectivity index is 1.40. The maximum atomic E-state index is 12.6. The van der Waals surface area contributed by atoms with Crippen LogP contribution in [0.25, 0.3) is 0 Å². The summed E-state index contributed by atoms with van der Waals surface area (Å²) in [6.45, 7) is 0.875. The minimum atomic E-state index is -4.35. The number of halogens is 3. The Morgan fingerprint density at radius 2 is 1.86 bits per heavy atom. The summed E-state index contributed by atoms with van der Waals surface area (Å²) in [5, 5.41) is 12.3. The minimum Gasteiger partial charge on any atom is -0.490 e. The Hall–Kier alpha value is -2.27. The zero-order valence-electron chi connectivity index (χ0n) is 15.5. The third kappa shape index (κ3) is 5.16. The Kier molecular flexibility index (Phi) is 6.45. The number of hydrogen-bond donors (Lipinski definition) is 1. The van der Waals surface area contributed by atoms with Gasteiger partial charge in [0, 0.05) is 12.6 Å². The van der Waals surface area contributed by atoms with Gasteiger partial charge in [-0.05, 0) is 62.8 Å². The van der Waals surface area contributed by atoms with Crippen LogP contribution in [0.15, 0.2) is 24.3 Å². The number of ether oxygens (including phenoxy) is 1. The number of nitrogens with one attached hydrogen (secondary N) is 1. The summed E-state index contributed by atoms with van der Waals surface area (Å²) in [5.41, 5.74) is -0.686. The predicted octanol–water partition coefficient (Wildman–Crippen LogP) is 3.50. The lowest BCUT2D eigenvalue weighted by Crippen LogP contribution is -2.44. The quantitative estimate of drug-likeness (QED) is 0.829. The van der Waals surface area contributed by atoms with E-state index in [0.717, 1.165) is 50.7 Å². The van der Waals surface area contributed by atoms with Crippen molar-refractivity contribution in [1.29, 1.82) is 5.26 Å². The van der Waals surface area contributed by atoms with Gasteiger partial charge in [0.15, 0.2) is 0 Å². The highest BCUT2D eigenvalue weighted by Crippen LogP contribution is 2.31. The summed E-state index contributed by atoms with van der Waals surface area (Å²) in [6, 6.07) is 6.84. The number of carbonyl (C=O) groups is 1. The zero-order valence-corrected chi connectivity index (χ0v) is 15.5. The second-order valence-electron chi connectivity index (χ2n) is 7.37. The molecule has 0 aromatic heterocycles. The van der Waals surface area contributed by atoms with E-state index in [-0.39, 0.29) is 30.6 Å². The fourth-order valence-electron chi connectivity index (χ4n) is 3.83. The van der Waals surface area contributed by atoms with E-state index in [2.05, 4.69) is 11.4 Å². The summed E-state index contributed by atoms with van der Waals surface area (Å²) in [7, 11) is 0. The summed E-state index contributed by atoms with van der Waals surface area (Å²) in [6.07, 6.45) is 0.453. The first-order chi connectivity index (χ1) is 13.4. The van der Waals surface area contributed by atoms with E-state index < -0.39 is 11.7 Å². The van der Waals surface area contributed by atoms with E-state index in [9.17, 15) is 18.0 Å². The lowest BCUT2D eigenvalue weighted by molar-refractivity contribution is -0.137. The maximum Gasteiger partial charge on any atom is 0.416 e. The van der Waals surface area contributed by atoms with Gasteiger partial charge in [0.05, 0.1) is 24.3 Å². The average molecular weight is 395 g/mol. The number of benzene rings is 1. The van der Waals surface area contributed by atoms with E-state index in [1.165, 1.54) is 12.1 Å². The molecule has 152 valence electrons. The van der Waals surface area contributed by atoms with Gasteiger partial charge in [0.2, 0.25) is 5.91 Å². The van der Waals surface area contributed by atoms with Crippen LogP contribution >= 0.6 is 0 Å². The molecule has 0 spiro atoms. The van der Waals surface area contributed by atoms with Crippen molar-refractivity contribution in [2.24, 2.45) is 0 Å². The van der Waals surface area contributed by atoms with Gasteiger partial charge in [-0.1, -0.05) is 0 Å². The largest absolute Gasteiger partial charge is 0.490 e. The molecule has 1 aromatic rings. The number of amides is 1. The Labute approximate surface area is 162 Å². The Morgan fingerprint density at radius 1 is 1.18 bits per heavy atom. The minimum absolute atomic E-state index is 0.0350. The molecule has 1 N–H and O–H groups in total. The van der Waals surface area contributed by atoms with Crippen molar-refractivity contribution >= 4 is 5.91 Å². The first-order valence-electron chi connectivity index (χ1n) is 9.63. The monoisotopic (exact) mass is 395 g/mol. The smallest absolute Gasteiger partial charge is 0.416 e. The van der Waals surface area contributed by atoms with Crippen molar-refractivity contribution in [1.82, 2.24) is 10.2 Å². The highest BCUT2D eigenvalue weighted by atomic mass is 19.4. The van der Waals surface area contributed by atoms with Crippen LogP contribution in [-0.4, -0.2) is 42.1 Å². The fourth-order valence-corrected chi connectivity index (χ4v) is 3.83. The number of alkyl halides is 3. The van der Waals surface area contributed by atoms with Crippen molar-refractivity contribution in [2.75, 3.05) is 13.1 Å². The van der Waals surface area contributed by atoms with E-state index in [4.69, 9.17) is 10.00 Å². The van der Waals surface area contributed by atoms with E-state index in [1.54, 1.807) is 4.90 Å². The van der Waals surface area contributed by atoms with Crippen molar-refractivity contribution < 1.29 is 22.7 Å². The zero-order chi connectivity index (χ0) is 20.1. The van der Waals surface area contributed by atoms with Crippen LogP contribution in [0.5, 0.6) is 5.75 Å². The highest BCUT2D eigenvalue weighted by molar-refractivity contribution is 5.79. The molecule has 0 radical (unpaired) electrons. The van der Waals surface area contributed by atoms with Crippen LogP contribution in [0.1, 0.15) is 44.1 Å². The van der Waals surface area contributed by atoms with E-state index >= 15 is 0 Å². The van der Waals surface area contributed by atoms with Crippen molar-refractivity contribution in [2.45, 2.75) is 62.9 Å². The second-order valence-corrected chi connectivity index (χ2v) is 7.37. The molecule has 1 saturated carbocycles. The first kappa shape index (κ1) is 20.5. The Bertz CT molecular complexity index is 707. The van der Waals surface area contributed by atoms with Gasteiger partial charge < -0.3 is 15.0 Å². The molecule has 1 aliphatic heterocycles. The van der Waals surface area contributed by atoms with E-state index in [0.29, 0.717) is 12.3 Å². The molecule has 1 atom stereocenters. The molecule has 0 bridgehead atoms. The van der Waals surface area contributed by atoms with E-state index in [1.807, 2.05) is 0 Å². The number of likely N-dealkylation sites (tertiary alicyclic amines) is 1. The normalized spacial score (nSPS) is 25.4. The molecule has 1 aliphatic carbocycles. The van der Waals surface area contributed by atoms with Gasteiger partial charge in [0.1, 0.15) is 11.8 Å². The molecule has 1 heterocycles. The van der Waals surface area contributed by atoms with Gasteiger partial charge >= 0.3 is 6.18 Å². The maximum absolute atomic E-state index is 12.6. The predicted molar refractivity (Wildman–Crippen MR) is 96.5 cm³/mol. The summed E-state index contributed by atoms with van der Waals surface area (Å²) in [5.74, 6) is 0.406. The topological polar surface area (TPSA) is 65.4 Å². The fraction of sp³-hybridized carbons (Fsp3) is 0.600. The number of hydrogen-bond acceptors (Lipinski definition) is 4. The third-order valence-electron chi connectivity index (χ3n) is 5.42. The van der Waals surface area contributed by atoms with Crippen LogP contribution in [0.2, 0.25) is 0 Å². The van der Waals surface area contributed by atoms with Gasteiger partial charge in [-0.15, -0.1) is 0 Å². The molecule has 0 unspecified atom stereocenters. The lowest BCUT2D eigenvalue weighted by Gasteiger charge is -2.30. The van der Waals surface area contributed by atoms with Gasteiger partial charge in [-0.3, -0.25) is 4.79 Å². The van der Waals surface area contributed by atoms with Crippen LogP contribution < -0.4 is 10.1 Å². The third-order valence-corrected chi connectivity index (χ3v) is 5.42. The Morgan fingerprint density at radius 3 is 2.46 bits per heavy atom. The van der Waals surface area contributed by atoms with Crippen LogP contribution in [0.3, 0.4) is 0 Å². The van der Waals surface area contributed by atoms with Gasteiger partial charge in [0.25, 0.3) is 0 Å². The summed E-state index contributed by atoms with van der Waals surface area (Å²) < 4.78 is 43.6. The number of nitriles is 1. The summed E-state index contributed by atoms with van der Waals surface area (Å²) in [4.78, 5) is 13.9. The second kappa shape index (κ2) is 8.82. The van der Waals surface area contributed by atoms with Crippen molar-refractivity contribution in [3.05, 3.63) is 29.8 Å². The average Bonchev–Trinajstić information content (AvgIpc) is 3.16. The molecule has 28 heavy (non-hydrogen) atoms. The van der Waals surface area contributed by atoms with Crippen molar-refractivity contribution in [3.8, 4) is 11.8 Å². The number of carbonyl (C=O) groups excluding carboxylic acids is 1. The molecule has 2 aliphatic rings. The molecule has 1 aromatic carbocycles. The van der Waals surface area contributed by atoms with Crippen LogP contribution in [0.4, 0.5) is 13.2 Å².